The summed E-state index contributed by atoms with van der Waals surface area (Å²) in [7, 11) is 0. The molecule has 3 amide bonds. The average Bonchev–Trinajstić information content (AvgIpc) is 2.70. The van der Waals surface area contributed by atoms with Crippen molar-refractivity contribution in [1.29, 1.82) is 5.26 Å². The molecule has 1 aliphatic heterocycles. The van der Waals surface area contributed by atoms with E-state index in [0.29, 0.717) is 11.4 Å². The first-order chi connectivity index (χ1) is 13.9. The lowest BCUT2D eigenvalue weighted by Crippen LogP contribution is -2.57. The zero-order valence-corrected chi connectivity index (χ0v) is 16.2. The van der Waals surface area contributed by atoms with E-state index in [2.05, 4.69) is 10.6 Å². The van der Waals surface area contributed by atoms with Crippen LogP contribution in [0.5, 0.6) is 0 Å². The van der Waals surface area contributed by atoms with Crippen LogP contribution in [0.3, 0.4) is 0 Å². The Balaban J connectivity index is 1.87. The monoisotopic (exact) mass is 404 g/mol. The molecule has 29 heavy (non-hydrogen) atoms. The highest BCUT2D eigenvalue weighted by Gasteiger charge is 2.38. The summed E-state index contributed by atoms with van der Waals surface area (Å²) < 4.78 is 0. The van der Waals surface area contributed by atoms with E-state index >= 15 is 0 Å². The van der Waals surface area contributed by atoms with E-state index < -0.39 is 23.6 Å². The van der Waals surface area contributed by atoms with Crippen LogP contribution in [0.2, 0.25) is 0 Å². The fraction of sp³-hybridized carbons (Fsp3) is 0.0952. The lowest BCUT2D eigenvalue weighted by Gasteiger charge is -2.31. The van der Waals surface area contributed by atoms with Crippen LogP contribution in [-0.2, 0) is 14.4 Å². The van der Waals surface area contributed by atoms with Crippen molar-refractivity contribution >= 4 is 46.4 Å². The van der Waals surface area contributed by atoms with Gasteiger partial charge in [-0.1, -0.05) is 35.9 Å². The Morgan fingerprint density at radius 1 is 1.17 bits per heavy atom. The molecule has 2 aromatic carbocycles. The number of carbonyl (C=O) groups excluding carboxylic acids is 3. The van der Waals surface area contributed by atoms with Gasteiger partial charge in [0.25, 0.3) is 5.91 Å². The van der Waals surface area contributed by atoms with Gasteiger partial charge in [0.05, 0.1) is 5.69 Å². The lowest BCUT2D eigenvalue weighted by molar-refractivity contribution is -0.131. The molecule has 0 bridgehead atoms. The second-order valence-corrected chi connectivity index (χ2v) is 6.68. The largest absolute Gasteiger partial charge is 0.321 e. The zero-order chi connectivity index (χ0) is 21.0. The Hall–Kier alpha value is -3.83. The first-order valence-electron chi connectivity index (χ1n) is 8.64. The van der Waals surface area contributed by atoms with E-state index in [9.17, 15) is 19.6 Å². The fourth-order valence-electron chi connectivity index (χ4n) is 2.72. The number of rotatable bonds is 4. The molecule has 2 N–H and O–H groups in total. The molecule has 0 aliphatic carbocycles. The molecule has 1 saturated heterocycles. The minimum atomic E-state index is -1.36. The predicted molar refractivity (Wildman–Crippen MR) is 112 cm³/mol. The summed E-state index contributed by atoms with van der Waals surface area (Å²) >= 11 is 5.12. The third kappa shape index (κ3) is 4.36. The Kier molecular flexibility index (Phi) is 5.81. The van der Waals surface area contributed by atoms with Crippen molar-refractivity contribution in [2.45, 2.75) is 6.92 Å². The number of nitrogens with one attached hydrogen (secondary N) is 2. The van der Waals surface area contributed by atoms with Gasteiger partial charge >= 0.3 is 0 Å². The summed E-state index contributed by atoms with van der Waals surface area (Å²) in [5.74, 6) is -3.40. The van der Waals surface area contributed by atoms with Gasteiger partial charge in [0.15, 0.2) is 5.11 Å². The second kappa shape index (κ2) is 8.46. The summed E-state index contributed by atoms with van der Waals surface area (Å²) in [6.45, 7) is 1.91. The van der Waals surface area contributed by atoms with Crippen molar-refractivity contribution in [2.75, 3.05) is 10.2 Å². The van der Waals surface area contributed by atoms with E-state index in [1.165, 1.54) is 4.90 Å². The number of thiocarbonyl (C=S) groups is 1. The van der Waals surface area contributed by atoms with E-state index in [0.717, 1.165) is 11.6 Å². The van der Waals surface area contributed by atoms with Crippen molar-refractivity contribution in [3.63, 3.8) is 0 Å². The van der Waals surface area contributed by atoms with Gasteiger partial charge in [-0.25, -0.2) is 0 Å². The molecule has 1 fully saturated rings. The first kappa shape index (κ1) is 19.9. The molecule has 0 radical (unpaired) electrons. The van der Waals surface area contributed by atoms with Crippen LogP contribution in [-0.4, -0.2) is 22.8 Å². The summed E-state index contributed by atoms with van der Waals surface area (Å²) in [5.41, 5.74) is 1.64. The molecule has 1 aliphatic rings. The average molecular weight is 404 g/mol. The molecule has 8 heteroatoms. The highest BCUT2D eigenvalue weighted by molar-refractivity contribution is 7.80. The van der Waals surface area contributed by atoms with E-state index in [-0.39, 0.29) is 10.7 Å². The fourth-order valence-corrected chi connectivity index (χ4v) is 3.02. The van der Waals surface area contributed by atoms with Crippen molar-refractivity contribution in [3.8, 4) is 6.07 Å². The van der Waals surface area contributed by atoms with Crippen molar-refractivity contribution in [2.24, 2.45) is 5.92 Å². The van der Waals surface area contributed by atoms with E-state index in [1.807, 2.05) is 19.1 Å². The smallest absolute Gasteiger partial charge is 0.266 e. The van der Waals surface area contributed by atoms with E-state index in [4.69, 9.17) is 12.2 Å². The Morgan fingerprint density at radius 3 is 2.45 bits per heavy atom. The maximum Gasteiger partial charge on any atom is 0.266 e. The molecule has 0 unspecified atom stereocenters. The third-order valence-corrected chi connectivity index (χ3v) is 4.51. The maximum atomic E-state index is 12.9. The lowest BCUT2D eigenvalue weighted by atomic mass is 10.0. The molecule has 0 saturated carbocycles. The van der Waals surface area contributed by atoms with Crippen LogP contribution < -0.4 is 15.5 Å². The number of benzene rings is 2. The van der Waals surface area contributed by atoms with Crippen LogP contribution in [0, 0.1) is 24.2 Å². The number of carbonyl (C=O) groups is 3. The van der Waals surface area contributed by atoms with Gasteiger partial charge in [-0.2, -0.15) is 5.26 Å². The molecule has 1 atom stereocenters. The summed E-state index contributed by atoms with van der Waals surface area (Å²) in [4.78, 5) is 38.9. The normalized spacial score (nSPS) is 16.8. The molecule has 7 nitrogen and oxygen atoms in total. The highest BCUT2D eigenvalue weighted by Crippen LogP contribution is 2.22. The Morgan fingerprint density at radius 2 is 1.83 bits per heavy atom. The number of hydrogen-bond acceptors (Lipinski definition) is 5. The summed E-state index contributed by atoms with van der Waals surface area (Å²) in [5, 5.41) is 14.4. The number of aryl methyl sites for hydroxylation is 1. The van der Waals surface area contributed by atoms with Gasteiger partial charge in [0, 0.05) is 5.69 Å². The van der Waals surface area contributed by atoms with Gasteiger partial charge in [-0.15, -0.1) is 0 Å². The molecule has 3 rings (SSSR count). The number of hydrogen-bond donors (Lipinski definition) is 2. The number of nitrogens with zero attached hydrogens (tertiary/aromatic N) is 2. The molecule has 2 aromatic rings. The van der Waals surface area contributed by atoms with Gasteiger partial charge in [0.1, 0.15) is 17.6 Å². The van der Waals surface area contributed by atoms with Crippen LogP contribution in [0.4, 0.5) is 11.4 Å². The minimum Gasteiger partial charge on any atom is -0.321 e. The zero-order valence-electron chi connectivity index (χ0n) is 15.4. The quantitative estimate of drug-likeness (QED) is 0.353. The SMILES string of the molecule is Cc1ccc(NC(=O)/C(C#N)=C\[C@H]2C(=O)NC(=S)N(c3ccccc3)C2=O)cc1. The van der Waals surface area contributed by atoms with Crippen LogP contribution in [0.15, 0.2) is 66.2 Å². The molecule has 144 valence electrons. The molecular weight excluding hydrogens is 388 g/mol. The second-order valence-electron chi connectivity index (χ2n) is 6.29. The summed E-state index contributed by atoms with van der Waals surface area (Å²) in [6, 6.07) is 17.3. The topological polar surface area (TPSA) is 102 Å². The number of amides is 3. The Bertz CT molecular complexity index is 1060. The van der Waals surface area contributed by atoms with Crippen molar-refractivity contribution in [3.05, 3.63) is 71.8 Å². The summed E-state index contributed by atoms with van der Waals surface area (Å²) in [6.07, 6.45) is 1.05. The van der Waals surface area contributed by atoms with Gasteiger partial charge in [0.2, 0.25) is 11.8 Å². The number of para-hydroxylation sites is 1. The molecule has 0 aromatic heterocycles. The highest BCUT2D eigenvalue weighted by atomic mass is 32.1. The van der Waals surface area contributed by atoms with Crippen molar-refractivity contribution in [1.82, 2.24) is 5.32 Å². The van der Waals surface area contributed by atoms with Gasteiger partial charge < -0.3 is 10.6 Å². The first-order valence-corrected chi connectivity index (χ1v) is 9.05. The number of nitriles is 1. The minimum absolute atomic E-state index is 0.0570. The van der Waals surface area contributed by atoms with Gasteiger partial charge in [-0.05, 0) is 49.5 Å². The number of anilines is 2. The third-order valence-electron chi connectivity index (χ3n) is 4.22. The van der Waals surface area contributed by atoms with Crippen LogP contribution >= 0.6 is 12.2 Å². The molecule has 1 heterocycles. The van der Waals surface area contributed by atoms with Gasteiger partial charge in [-0.3, -0.25) is 19.3 Å². The standard InChI is InChI=1S/C21H16N4O3S/c1-13-7-9-15(10-8-13)23-18(26)14(12-22)11-17-19(27)24-21(29)25(20(17)28)16-5-3-2-4-6-16/h2-11,17H,1H3,(H,23,26)(H,24,27,29)/b14-11-/t17-/m0/s1. The van der Waals surface area contributed by atoms with Crippen molar-refractivity contribution < 1.29 is 14.4 Å². The van der Waals surface area contributed by atoms with Crippen LogP contribution in [0.1, 0.15) is 5.56 Å². The molecule has 0 spiro atoms. The maximum absolute atomic E-state index is 12.9. The predicted octanol–water partition coefficient (Wildman–Crippen LogP) is 2.45. The molecular formula is C21H16N4O3S. The van der Waals surface area contributed by atoms with E-state index in [1.54, 1.807) is 48.5 Å². The van der Waals surface area contributed by atoms with Crippen LogP contribution in [0.25, 0.3) is 0 Å². The Labute approximate surface area is 172 Å².